The fourth-order valence-corrected chi connectivity index (χ4v) is 4.42. The zero-order chi connectivity index (χ0) is 26.3. The highest BCUT2D eigenvalue weighted by molar-refractivity contribution is 5.69. The summed E-state index contributed by atoms with van der Waals surface area (Å²) < 4.78 is 6.37. The number of rotatable bonds is 8. The van der Waals surface area contributed by atoms with Gasteiger partial charge in [-0.15, -0.1) is 0 Å². The van der Waals surface area contributed by atoms with Crippen molar-refractivity contribution < 1.29 is 24.7 Å². The van der Waals surface area contributed by atoms with Gasteiger partial charge in [0.2, 0.25) is 0 Å². The fraction of sp³-hybridized carbons (Fsp3) is 0.286. The molecule has 0 spiro atoms. The van der Waals surface area contributed by atoms with Crippen LogP contribution < -0.4 is 10.1 Å². The van der Waals surface area contributed by atoms with E-state index in [0.717, 1.165) is 12.8 Å². The molecule has 1 heterocycles. The molecule has 1 aliphatic carbocycles. The van der Waals surface area contributed by atoms with Crippen molar-refractivity contribution in [2.24, 2.45) is 0 Å². The molecule has 0 amide bonds. The molecular weight excluding hydrogens is 474 g/mol. The first-order valence-corrected chi connectivity index (χ1v) is 12.0. The molecule has 4 rings (SSSR count). The first kappa shape index (κ1) is 25.7. The van der Waals surface area contributed by atoms with Crippen LogP contribution in [-0.4, -0.2) is 38.2 Å². The normalized spacial score (nSPS) is 18.9. The quantitative estimate of drug-likeness (QED) is 0.235. The van der Waals surface area contributed by atoms with Crippen molar-refractivity contribution in [2.45, 2.75) is 43.7 Å². The van der Waals surface area contributed by atoms with Gasteiger partial charge in [0.25, 0.3) is 5.69 Å². The zero-order valence-electron chi connectivity index (χ0n) is 20.1. The van der Waals surface area contributed by atoms with Crippen LogP contribution in [-0.2, 0) is 11.3 Å². The van der Waals surface area contributed by atoms with Gasteiger partial charge in [-0.3, -0.25) is 19.9 Å². The van der Waals surface area contributed by atoms with Crippen LogP contribution in [0.3, 0.4) is 0 Å². The highest BCUT2D eigenvalue weighted by Crippen LogP contribution is 2.40. The number of pyridine rings is 1. The lowest BCUT2D eigenvalue weighted by molar-refractivity contribution is -0.384. The van der Waals surface area contributed by atoms with Gasteiger partial charge in [-0.05, 0) is 61.3 Å². The van der Waals surface area contributed by atoms with Gasteiger partial charge in [0.1, 0.15) is 11.5 Å². The second-order valence-corrected chi connectivity index (χ2v) is 8.97. The van der Waals surface area contributed by atoms with Crippen molar-refractivity contribution in [2.75, 3.05) is 6.54 Å². The van der Waals surface area contributed by atoms with Gasteiger partial charge in [0.05, 0.1) is 17.2 Å². The third kappa shape index (κ3) is 6.84. The van der Waals surface area contributed by atoms with E-state index in [1.807, 2.05) is 18.2 Å². The van der Waals surface area contributed by atoms with E-state index in [1.165, 1.54) is 30.0 Å². The number of aromatic hydroxyl groups is 1. The largest absolute Gasteiger partial charge is 0.506 e. The van der Waals surface area contributed by atoms with Crippen LogP contribution in [0.4, 0.5) is 5.69 Å². The molecule has 37 heavy (non-hydrogen) atoms. The number of nitro benzene ring substituents is 1. The number of non-ortho nitro benzene ring substituents is 1. The van der Waals surface area contributed by atoms with E-state index in [-0.39, 0.29) is 24.5 Å². The van der Waals surface area contributed by atoms with Crippen molar-refractivity contribution in [3.8, 4) is 23.3 Å². The molecule has 0 unspecified atom stereocenters. The van der Waals surface area contributed by atoms with E-state index in [0.29, 0.717) is 35.8 Å². The molecule has 0 saturated heterocycles. The molecule has 0 bridgehead atoms. The molecule has 2 aromatic carbocycles. The van der Waals surface area contributed by atoms with Crippen LogP contribution in [0.15, 0.2) is 66.9 Å². The van der Waals surface area contributed by atoms with Crippen LogP contribution in [0.2, 0.25) is 0 Å². The van der Waals surface area contributed by atoms with Crippen molar-refractivity contribution in [3.63, 3.8) is 0 Å². The van der Waals surface area contributed by atoms with Crippen LogP contribution in [0.1, 0.15) is 48.4 Å². The number of aromatic nitrogens is 1. The summed E-state index contributed by atoms with van der Waals surface area (Å²) in [5, 5.41) is 32.8. The minimum absolute atomic E-state index is 0.0141. The third-order valence-corrected chi connectivity index (χ3v) is 6.38. The van der Waals surface area contributed by atoms with Crippen LogP contribution in [0, 0.1) is 22.0 Å². The third-order valence-electron chi connectivity index (χ3n) is 6.38. The Morgan fingerprint density at radius 3 is 2.49 bits per heavy atom. The van der Waals surface area contributed by atoms with Crippen LogP contribution in [0.5, 0.6) is 11.5 Å². The summed E-state index contributed by atoms with van der Waals surface area (Å²) in [6.07, 6.45) is 4.58. The molecule has 0 radical (unpaired) electrons. The fourth-order valence-electron chi connectivity index (χ4n) is 4.42. The van der Waals surface area contributed by atoms with E-state index in [1.54, 1.807) is 12.1 Å². The molecule has 9 heteroatoms. The second-order valence-electron chi connectivity index (χ2n) is 8.97. The smallest absolute Gasteiger partial charge is 0.317 e. The Balaban J connectivity index is 1.55. The van der Waals surface area contributed by atoms with Crippen LogP contribution >= 0.6 is 0 Å². The summed E-state index contributed by atoms with van der Waals surface area (Å²) in [6, 6.07) is 17.8. The first-order chi connectivity index (χ1) is 17.8. The second kappa shape index (κ2) is 11.5. The predicted octanol–water partition coefficient (Wildman–Crippen LogP) is 4.40. The van der Waals surface area contributed by atoms with Crippen molar-refractivity contribution >= 4 is 11.7 Å². The maximum atomic E-state index is 11.0. The van der Waals surface area contributed by atoms with Crippen molar-refractivity contribution in [3.05, 3.63) is 93.8 Å². The van der Waals surface area contributed by atoms with Crippen molar-refractivity contribution in [1.82, 2.24) is 10.3 Å². The van der Waals surface area contributed by atoms with Gasteiger partial charge >= 0.3 is 5.97 Å². The average Bonchev–Trinajstić information content (AvgIpc) is 2.90. The summed E-state index contributed by atoms with van der Waals surface area (Å²) in [4.78, 5) is 25.4. The molecule has 190 valence electrons. The number of carboxylic acids is 1. The Morgan fingerprint density at radius 1 is 1.16 bits per heavy atom. The van der Waals surface area contributed by atoms with E-state index < -0.39 is 16.5 Å². The summed E-state index contributed by atoms with van der Waals surface area (Å²) in [7, 11) is 0. The van der Waals surface area contributed by atoms with Gasteiger partial charge in [-0.25, -0.2) is 0 Å². The summed E-state index contributed by atoms with van der Waals surface area (Å²) in [5.74, 6) is 6.15. The van der Waals surface area contributed by atoms with Gasteiger partial charge in [-0.1, -0.05) is 36.3 Å². The molecule has 0 aliphatic heterocycles. The number of aliphatic carboxylic acids is 1. The Morgan fingerprint density at radius 2 is 1.86 bits per heavy atom. The Labute approximate surface area is 214 Å². The molecule has 1 aromatic heterocycles. The molecule has 3 N–H and O–H groups in total. The number of nitrogens with one attached hydrogen (secondary N) is 1. The Hall–Kier alpha value is -4.42. The lowest BCUT2D eigenvalue weighted by atomic mass is 9.76. The standard InChI is InChI=1S/C28H27N3O6/c32-26-16-20(17-30-25(26)18-29-19-27(33)34)10-13-28(37-24-8-6-23(7-9-24)31(35)36)14-11-22(12-15-28)21-4-2-1-3-5-21/h1-9,16-17,22,29,32H,11-12,14-15,18-19H2,(H,33,34). The summed E-state index contributed by atoms with van der Waals surface area (Å²) in [5.41, 5.74) is 1.28. The number of carbonyl (C=O) groups is 1. The summed E-state index contributed by atoms with van der Waals surface area (Å²) >= 11 is 0. The molecule has 9 nitrogen and oxygen atoms in total. The van der Waals surface area contributed by atoms with E-state index >= 15 is 0 Å². The number of nitro groups is 1. The maximum absolute atomic E-state index is 11.0. The molecule has 1 saturated carbocycles. The number of nitrogens with zero attached hydrogens (tertiary/aromatic N) is 2. The first-order valence-electron chi connectivity index (χ1n) is 12.0. The lowest BCUT2D eigenvalue weighted by Gasteiger charge is -2.37. The average molecular weight is 502 g/mol. The van der Waals surface area contributed by atoms with Gasteiger partial charge in [-0.2, -0.15) is 0 Å². The van der Waals surface area contributed by atoms with Crippen molar-refractivity contribution in [1.29, 1.82) is 0 Å². The highest BCUT2D eigenvalue weighted by atomic mass is 16.6. The number of benzene rings is 2. The lowest BCUT2D eigenvalue weighted by Crippen LogP contribution is -2.38. The van der Waals surface area contributed by atoms with Gasteiger partial charge in [0.15, 0.2) is 5.60 Å². The minimum atomic E-state index is -0.998. The van der Waals surface area contributed by atoms with Crippen LogP contribution in [0.25, 0.3) is 0 Å². The van der Waals surface area contributed by atoms with Gasteiger partial charge < -0.3 is 20.3 Å². The summed E-state index contributed by atoms with van der Waals surface area (Å²) in [6.45, 7) is -0.130. The van der Waals surface area contributed by atoms with Gasteiger partial charge in [0, 0.05) is 30.4 Å². The van der Waals surface area contributed by atoms with E-state index in [2.05, 4.69) is 34.3 Å². The monoisotopic (exact) mass is 501 g/mol. The Kier molecular flexibility index (Phi) is 8.01. The van der Waals surface area contributed by atoms with E-state index in [9.17, 15) is 20.0 Å². The Bertz CT molecular complexity index is 1310. The number of carboxylic acid groups (broad SMARTS) is 1. The number of hydrogen-bond donors (Lipinski definition) is 3. The molecule has 3 aromatic rings. The zero-order valence-corrected chi connectivity index (χ0v) is 20.1. The molecule has 1 aliphatic rings. The number of hydrogen-bond acceptors (Lipinski definition) is 7. The minimum Gasteiger partial charge on any atom is -0.506 e. The topological polar surface area (TPSA) is 135 Å². The predicted molar refractivity (Wildman–Crippen MR) is 136 cm³/mol. The molecular formula is C28H27N3O6. The maximum Gasteiger partial charge on any atom is 0.317 e. The number of ether oxygens (including phenoxy) is 1. The molecule has 0 atom stereocenters. The highest BCUT2D eigenvalue weighted by Gasteiger charge is 2.36. The molecule has 1 fully saturated rings. The van der Waals surface area contributed by atoms with E-state index in [4.69, 9.17) is 9.84 Å². The SMILES string of the molecule is O=C(O)CNCc1ncc(C#CC2(Oc3ccc([N+](=O)[O-])cc3)CCC(c3ccccc3)CC2)cc1O.